The topological polar surface area (TPSA) is 62.2 Å². The number of hydrogen-bond donors (Lipinski definition) is 2. The number of terminal acetylenes is 1. The number of thiazole rings is 1. The minimum absolute atomic E-state index is 0.0851. The van der Waals surface area contributed by atoms with Crippen LogP contribution in [0.15, 0.2) is 5.51 Å². The Morgan fingerprint density at radius 3 is 3.27 bits per heavy atom. The van der Waals surface area contributed by atoms with Gasteiger partial charge in [-0.2, -0.15) is 0 Å². The molecule has 2 N–H and O–H groups in total. The van der Waals surface area contributed by atoms with Crippen LogP contribution in [-0.4, -0.2) is 34.1 Å². The number of carboxylic acids is 1. The molecular formula is C9H10N2O2S2. The van der Waals surface area contributed by atoms with Crippen molar-refractivity contribution in [2.45, 2.75) is 0 Å². The van der Waals surface area contributed by atoms with Gasteiger partial charge < -0.3 is 10.4 Å². The monoisotopic (exact) mass is 242 g/mol. The van der Waals surface area contributed by atoms with E-state index in [0.717, 1.165) is 5.75 Å². The summed E-state index contributed by atoms with van der Waals surface area (Å²) in [5.74, 6) is 3.04. The summed E-state index contributed by atoms with van der Waals surface area (Å²) in [6.07, 6.45) is 5.09. The quantitative estimate of drug-likeness (QED) is 0.586. The third-order valence-corrected chi connectivity index (χ3v) is 3.14. The van der Waals surface area contributed by atoms with Crippen molar-refractivity contribution in [3.8, 4) is 12.3 Å². The molecule has 80 valence electrons. The second-order valence-electron chi connectivity index (χ2n) is 2.52. The standard InChI is InChI=1S/C9H10N2O2S2/c1-2-4-14-5-3-10-8-7(9(12)13)11-6-15-8/h1,6,10H,3-5H2,(H,12,13). The van der Waals surface area contributed by atoms with Crippen molar-refractivity contribution in [1.29, 1.82) is 0 Å². The van der Waals surface area contributed by atoms with E-state index in [2.05, 4.69) is 16.2 Å². The third kappa shape index (κ3) is 3.81. The first-order chi connectivity index (χ1) is 7.25. The zero-order valence-corrected chi connectivity index (χ0v) is 9.53. The van der Waals surface area contributed by atoms with Gasteiger partial charge in [-0.25, -0.2) is 9.78 Å². The van der Waals surface area contributed by atoms with Crippen molar-refractivity contribution in [3.05, 3.63) is 11.2 Å². The van der Waals surface area contributed by atoms with E-state index in [1.807, 2.05) is 0 Å². The molecule has 15 heavy (non-hydrogen) atoms. The van der Waals surface area contributed by atoms with E-state index >= 15 is 0 Å². The van der Waals surface area contributed by atoms with Crippen LogP contribution in [0.5, 0.6) is 0 Å². The summed E-state index contributed by atoms with van der Waals surface area (Å²) < 4.78 is 0. The predicted octanol–water partition coefficient (Wildman–Crippen LogP) is 1.62. The average Bonchev–Trinajstić information content (AvgIpc) is 2.66. The van der Waals surface area contributed by atoms with Gasteiger partial charge in [0, 0.05) is 12.3 Å². The Kier molecular flexibility index (Phi) is 5.01. The van der Waals surface area contributed by atoms with Crippen molar-refractivity contribution in [1.82, 2.24) is 4.98 Å². The fraction of sp³-hybridized carbons (Fsp3) is 0.333. The van der Waals surface area contributed by atoms with Gasteiger partial charge in [-0.3, -0.25) is 0 Å². The van der Waals surface area contributed by atoms with E-state index in [9.17, 15) is 4.79 Å². The molecule has 0 saturated carbocycles. The first-order valence-corrected chi connectivity index (χ1v) is 6.21. The molecule has 1 aromatic heterocycles. The van der Waals surface area contributed by atoms with Crippen LogP contribution in [0.25, 0.3) is 0 Å². The van der Waals surface area contributed by atoms with Crippen LogP contribution < -0.4 is 5.32 Å². The molecule has 0 aliphatic heterocycles. The summed E-state index contributed by atoms with van der Waals surface area (Å²) >= 11 is 2.92. The second-order valence-corrected chi connectivity index (χ2v) is 4.48. The molecule has 1 rings (SSSR count). The average molecular weight is 242 g/mol. The van der Waals surface area contributed by atoms with E-state index in [-0.39, 0.29) is 5.69 Å². The van der Waals surface area contributed by atoms with Crippen molar-refractivity contribution in [2.24, 2.45) is 0 Å². The number of aromatic carboxylic acids is 1. The van der Waals surface area contributed by atoms with Crippen molar-refractivity contribution in [2.75, 3.05) is 23.4 Å². The van der Waals surface area contributed by atoms with Gasteiger partial charge in [-0.1, -0.05) is 5.92 Å². The number of carboxylic acid groups (broad SMARTS) is 1. The molecule has 0 aliphatic rings. The number of nitrogens with zero attached hydrogens (tertiary/aromatic N) is 1. The Morgan fingerprint density at radius 1 is 1.80 bits per heavy atom. The summed E-state index contributed by atoms with van der Waals surface area (Å²) in [4.78, 5) is 14.4. The smallest absolute Gasteiger partial charge is 0.357 e. The van der Waals surface area contributed by atoms with Crippen molar-refractivity contribution < 1.29 is 9.90 Å². The van der Waals surface area contributed by atoms with Gasteiger partial charge in [-0.15, -0.1) is 29.5 Å². The maximum atomic E-state index is 10.7. The molecule has 0 amide bonds. The predicted molar refractivity (Wildman–Crippen MR) is 63.7 cm³/mol. The molecule has 1 aromatic rings. The third-order valence-electron chi connectivity index (χ3n) is 1.49. The highest BCUT2D eigenvalue weighted by Crippen LogP contribution is 2.19. The summed E-state index contributed by atoms with van der Waals surface area (Å²) in [6.45, 7) is 0.689. The molecule has 1 heterocycles. The molecule has 0 saturated heterocycles. The number of anilines is 1. The highest BCUT2D eigenvalue weighted by Gasteiger charge is 2.12. The number of nitrogens with one attached hydrogen (secondary N) is 1. The van der Waals surface area contributed by atoms with Crippen molar-refractivity contribution in [3.63, 3.8) is 0 Å². The van der Waals surface area contributed by atoms with Gasteiger partial charge in [0.2, 0.25) is 0 Å². The second kappa shape index (κ2) is 6.32. The molecule has 0 unspecified atom stereocenters. The minimum Gasteiger partial charge on any atom is -0.476 e. The normalized spacial score (nSPS) is 9.53. The lowest BCUT2D eigenvalue weighted by molar-refractivity contribution is 0.0692. The van der Waals surface area contributed by atoms with Crippen LogP contribution in [0.1, 0.15) is 10.5 Å². The van der Waals surface area contributed by atoms with Crippen LogP contribution in [0.3, 0.4) is 0 Å². The summed E-state index contributed by atoms with van der Waals surface area (Å²) in [5, 5.41) is 12.4. The summed E-state index contributed by atoms with van der Waals surface area (Å²) in [5.41, 5.74) is 1.60. The van der Waals surface area contributed by atoms with E-state index in [1.54, 1.807) is 11.8 Å². The Labute approximate surface area is 96.1 Å². The molecule has 0 radical (unpaired) electrons. The zero-order chi connectivity index (χ0) is 11.1. The van der Waals surface area contributed by atoms with Crippen LogP contribution >= 0.6 is 23.1 Å². The molecule has 6 heteroatoms. The Hall–Kier alpha value is -1.19. The summed E-state index contributed by atoms with van der Waals surface area (Å²) in [7, 11) is 0. The molecule has 0 aromatic carbocycles. The lowest BCUT2D eigenvalue weighted by Gasteiger charge is -2.02. The van der Waals surface area contributed by atoms with Gasteiger partial charge in [0.1, 0.15) is 5.00 Å². The Bertz CT molecular complexity index is 370. The van der Waals surface area contributed by atoms with Crippen molar-refractivity contribution >= 4 is 34.1 Å². The largest absolute Gasteiger partial charge is 0.476 e. The Balaban J connectivity index is 2.35. The molecule has 0 aliphatic carbocycles. The van der Waals surface area contributed by atoms with Crippen LogP contribution in [-0.2, 0) is 0 Å². The maximum Gasteiger partial charge on any atom is 0.357 e. The number of hydrogen-bond acceptors (Lipinski definition) is 5. The highest BCUT2D eigenvalue weighted by atomic mass is 32.2. The number of carbonyl (C=O) groups is 1. The number of rotatable bonds is 6. The van der Waals surface area contributed by atoms with Crippen LogP contribution in [0.2, 0.25) is 0 Å². The lowest BCUT2D eigenvalue weighted by Crippen LogP contribution is -2.07. The van der Waals surface area contributed by atoms with Gasteiger partial charge >= 0.3 is 5.97 Å². The van der Waals surface area contributed by atoms with Gasteiger partial charge in [0.05, 0.1) is 11.3 Å². The first-order valence-electron chi connectivity index (χ1n) is 4.17. The number of aromatic nitrogens is 1. The summed E-state index contributed by atoms with van der Waals surface area (Å²) in [6, 6.07) is 0. The lowest BCUT2D eigenvalue weighted by atomic mass is 10.4. The van der Waals surface area contributed by atoms with E-state index in [4.69, 9.17) is 11.5 Å². The van der Waals surface area contributed by atoms with Gasteiger partial charge in [0.25, 0.3) is 0 Å². The molecule has 0 spiro atoms. The van der Waals surface area contributed by atoms with E-state index in [1.165, 1.54) is 16.8 Å². The molecular weight excluding hydrogens is 232 g/mol. The first kappa shape index (κ1) is 11.9. The SMILES string of the molecule is C#CCSCCNc1scnc1C(=O)O. The maximum absolute atomic E-state index is 10.7. The molecule has 0 atom stereocenters. The van der Waals surface area contributed by atoms with E-state index in [0.29, 0.717) is 17.3 Å². The fourth-order valence-corrected chi connectivity index (χ4v) is 2.10. The fourth-order valence-electron chi connectivity index (χ4n) is 0.892. The molecule has 4 nitrogen and oxygen atoms in total. The van der Waals surface area contributed by atoms with Crippen LogP contribution in [0, 0.1) is 12.3 Å². The van der Waals surface area contributed by atoms with Crippen LogP contribution in [0.4, 0.5) is 5.00 Å². The van der Waals surface area contributed by atoms with Gasteiger partial charge in [-0.05, 0) is 0 Å². The van der Waals surface area contributed by atoms with Gasteiger partial charge in [0.15, 0.2) is 5.69 Å². The minimum atomic E-state index is -1.00. The Morgan fingerprint density at radius 2 is 2.60 bits per heavy atom. The molecule has 0 fully saturated rings. The molecule has 0 bridgehead atoms. The highest BCUT2D eigenvalue weighted by molar-refractivity contribution is 7.99. The van der Waals surface area contributed by atoms with E-state index < -0.39 is 5.97 Å². The zero-order valence-electron chi connectivity index (χ0n) is 7.90. The number of thioether (sulfide) groups is 1.